The summed E-state index contributed by atoms with van der Waals surface area (Å²) >= 11 is 3.28. The van der Waals surface area contributed by atoms with Gasteiger partial charge in [-0.15, -0.1) is 0 Å². The first-order chi connectivity index (χ1) is 9.92. The van der Waals surface area contributed by atoms with Crippen molar-refractivity contribution in [3.05, 3.63) is 22.7 Å². The van der Waals surface area contributed by atoms with Gasteiger partial charge in [0, 0.05) is 11.0 Å². The molecule has 1 fully saturated rings. The third kappa shape index (κ3) is 4.42. The Labute approximate surface area is 135 Å². The summed E-state index contributed by atoms with van der Waals surface area (Å²) in [6.07, 6.45) is 2.06. The Hall–Kier alpha value is -0.630. The molecule has 7 heteroatoms. The molecule has 0 aromatic heterocycles. The number of nitrogen functional groups attached to an aromatic ring is 1. The second kappa shape index (κ2) is 7.09. The van der Waals surface area contributed by atoms with Crippen LogP contribution in [0.4, 0.5) is 5.69 Å². The maximum absolute atomic E-state index is 12.3. The average Bonchev–Trinajstić information content (AvgIpc) is 2.48. The number of halogens is 1. The van der Waals surface area contributed by atoms with E-state index in [1.165, 1.54) is 6.07 Å². The van der Waals surface area contributed by atoms with Crippen LogP contribution < -0.4 is 10.5 Å². The second-order valence-corrected chi connectivity index (χ2v) is 8.06. The largest absolute Gasteiger partial charge is 0.398 e. The predicted octanol–water partition coefficient (Wildman–Crippen LogP) is 2.04. The van der Waals surface area contributed by atoms with Gasteiger partial charge in [0.1, 0.15) is 4.90 Å². The lowest BCUT2D eigenvalue weighted by Gasteiger charge is -2.31. The number of hydrogen-bond acceptors (Lipinski definition) is 4. The number of anilines is 1. The van der Waals surface area contributed by atoms with E-state index in [1.807, 2.05) is 0 Å². The number of nitrogens with one attached hydrogen (secondary N) is 1. The van der Waals surface area contributed by atoms with Crippen molar-refractivity contribution in [1.82, 2.24) is 9.62 Å². The number of nitrogens with zero attached hydrogens (tertiary/aromatic N) is 1. The van der Waals surface area contributed by atoms with Crippen molar-refractivity contribution >= 4 is 31.6 Å². The maximum atomic E-state index is 12.3. The molecule has 0 atom stereocenters. The summed E-state index contributed by atoms with van der Waals surface area (Å²) in [6.45, 7) is 5.78. The lowest BCUT2D eigenvalue weighted by Crippen LogP contribution is -2.38. The summed E-state index contributed by atoms with van der Waals surface area (Å²) in [5.41, 5.74) is 6.04. The van der Waals surface area contributed by atoms with E-state index in [9.17, 15) is 8.42 Å². The molecule has 0 amide bonds. The van der Waals surface area contributed by atoms with Gasteiger partial charge in [0.2, 0.25) is 10.0 Å². The Morgan fingerprint density at radius 3 is 2.67 bits per heavy atom. The molecule has 1 aliphatic rings. The van der Waals surface area contributed by atoms with Crippen LogP contribution in [0.1, 0.15) is 19.8 Å². The molecule has 1 saturated heterocycles. The van der Waals surface area contributed by atoms with E-state index in [4.69, 9.17) is 5.73 Å². The van der Waals surface area contributed by atoms with Crippen LogP contribution >= 0.6 is 15.9 Å². The number of benzene rings is 1. The molecule has 0 aliphatic carbocycles. The zero-order chi connectivity index (χ0) is 15.5. The van der Waals surface area contributed by atoms with Gasteiger partial charge in [-0.3, -0.25) is 0 Å². The van der Waals surface area contributed by atoms with Crippen molar-refractivity contribution in [1.29, 1.82) is 0 Å². The van der Waals surface area contributed by atoms with Crippen LogP contribution in [0.15, 0.2) is 27.6 Å². The highest BCUT2D eigenvalue weighted by atomic mass is 79.9. The molecule has 0 spiro atoms. The summed E-state index contributed by atoms with van der Waals surface area (Å²) in [7, 11) is -3.55. The van der Waals surface area contributed by atoms with Gasteiger partial charge in [0.15, 0.2) is 0 Å². The minimum absolute atomic E-state index is 0.142. The van der Waals surface area contributed by atoms with E-state index in [-0.39, 0.29) is 10.6 Å². The molecule has 2 rings (SSSR count). The quantitative estimate of drug-likeness (QED) is 0.772. The van der Waals surface area contributed by atoms with Crippen LogP contribution in [0.2, 0.25) is 0 Å². The van der Waals surface area contributed by atoms with Crippen LogP contribution in [0, 0.1) is 5.92 Å². The van der Waals surface area contributed by atoms with Crippen LogP contribution in [0.3, 0.4) is 0 Å². The summed E-state index contributed by atoms with van der Waals surface area (Å²) < 4.78 is 28.1. The van der Waals surface area contributed by atoms with E-state index in [1.54, 1.807) is 12.1 Å². The molecule has 0 unspecified atom stereocenters. The van der Waals surface area contributed by atoms with Crippen molar-refractivity contribution in [2.75, 3.05) is 31.9 Å². The minimum Gasteiger partial charge on any atom is -0.398 e. The highest BCUT2D eigenvalue weighted by Gasteiger charge is 2.22. The monoisotopic (exact) mass is 375 g/mol. The molecule has 118 valence electrons. The Morgan fingerprint density at radius 1 is 1.38 bits per heavy atom. The number of sulfonamides is 1. The van der Waals surface area contributed by atoms with Gasteiger partial charge in [-0.1, -0.05) is 22.9 Å². The Bertz CT molecular complexity index is 584. The summed E-state index contributed by atoms with van der Waals surface area (Å²) in [6, 6.07) is 4.87. The Morgan fingerprint density at radius 2 is 2.05 bits per heavy atom. The van der Waals surface area contributed by atoms with E-state index >= 15 is 0 Å². The first kappa shape index (κ1) is 16.7. The first-order valence-electron chi connectivity index (χ1n) is 7.19. The topological polar surface area (TPSA) is 75.4 Å². The molecule has 1 aliphatic heterocycles. The summed E-state index contributed by atoms with van der Waals surface area (Å²) in [5, 5.41) is 0. The van der Waals surface area contributed by atoms with Crippen LogP contribution in [0.25, 0.3) is 0 Å². The van der Waals surface area contributed by atoms with Crippen LogP contribution in [-0.2, 0) is 10.0 Å². The van der Waals surface area contributed by atoms with E-state index in [2.05, 4.69) is 32.5 Å². The molecule has 0 bridgehead atoms. The second-order valence-electron chi connectivity index (χ2n) is 5.41. The smallest absolute Gasteiger partial charge is 0.242 e. The number of rotatable bonds is 5. The Balaban J connectivity index is 1.97. The van der Waals surface area contributed by atoms with Crippen molar-refractivity contribution in [3.63, 3.8) is 0 Å². The SMILES string of the molecule is CCN1CCC(CNS(=O)(=O)c2cc(Br)ccc2N)CC1. The van der Waals surface area contributed by atoms with Crippen molar-refractivity contribution in [2.24, 2.45) is 5.92 Å². The van der Waals surface area contributed by atoms with Crippen LogP contribution in [-0.4, -0.2) is 39.5 Å². The molecule has 1 heterocycles. The van der Waals surface area contributed by atoms with E-state index in [0.717, 1.165) is 32.5 Å². The number of hydrogen-bond donors (Lipinski definition) is 2. The number of nitrogens with two attached hydrogens (primary N) is 1. The lowest BCUT2D eigenvalue weighted by atomic mass is 9.97. The van der Waals surface area contributed by atoms with Gasteiger partial charge >= 0.3 is 0 Å². The molecule has 1 aromatic rings. The zero-order valence-electron chi connectivity index (χ0n) is 12.2. The third-order valence-electron chi connectivity index (χ3n) is 3.98. The Kier molecular flexibility index (Phi) is 5.65. The molecule has 0 radical (unpaired) electrons. The van der Waals surface area contributed by atoms with Gasteiger partial charge in [-0.2, -0.15) is 0 Å². The maximum Gasteiger partial charge on any atom is 0.242 e. The molecule has 5 nitrogen and oxygen atoms in total. The normalized spacial score (nSPS) is 18.0. The standard InChI is InChI=1S/C14H22BrN3O2S/c1-2-18-7-5-11(6-8-18)10-17-21(19,20)14-9-12(15)3-4-13(14)16/h3-4,9,11,17H,2,5-8,10,16H2,1H3. The van der Waals surface area contributed by atoms with E-state index < -0.39 is 10.0 Å². The fraction of sp³-hybridized carbons (Fsp3) is 0.571. The predicted molar refractivity (Wildman–Crippen MR) is 88.6 cm³/mol. The van der Waals surface area contributed by atoms with E-state index in [0.29, 0.717) is 16.9 Å². The van der Waals surface area contributed by atoms with Crippen molar-refractivity contribution in [2.45, 2.75) is 24.7 Å². The minimum atomic E-state index is -3.55. The highest BCUT2D eigenvalue weighted by Crippen LogP contribution is 2.23. The average molecular weight is 376 g/mol. The van der Waals surface area contributed by atoms with Crippen molar-refractivity contribution in [3.8, 4) is 0 Å². The summed E-state index contributed by atoms with van der Waals surface area (Å²) in [5.74, 6) is 0.399. The third-order valence-corrected chi connectivity index (χ3v) is 5.95. The molecule has 0 saturated carbocycles. The highest BCUT2D eigenvalue weighted by molar-refractivity contribution is 9.10. The molecule has 21 heavy (non-hydrogen) atoms. The van der Waals surface area contributed by atoms with Gasteiger partial charge in [0.25, 0.3) is 0 Å². The molecule has 1 aromatic carbocycles. The summed E-state index contributed by atoms with van der Waals surface area (Å²) in [4.78, 5) is 2.53. The molecular formula is C14H22BrN3O2S. The van der Waals surface area contributed by atoms with Gasteiger partial charge in [0.05, 0.1) is 5.69 Å². The lowest BCUT2D eigenvalue weighted by molar-refractivity contribution is 0.194. The van der Waals surface area contributed by atoms with Gasteiger partial charge < -0.3 is 10.6 Å². The van der Waals surface area contributed by atoms with Gasteiger partial charge in [-0.25, -0.2) is 13.1 Å². The number of piperidine rings is 1. The fourth-order valence-corrected chi connectivity index (χ4v) is 4.34. The first-order valence-corrected chi connectivity index (χ1v) is 9.47. The fourth-order valence-electron chi connectivity index (χ4n) is 2.55. The zero-order valence-corrected chi connectivity index (χ0v) is 14.6. The molecule has 3 N–H and O–H groups in total. The molecular weight excluding hydrogens is 354 g/mol. The number of likely N-dealkylation sites (tertiary alicyclic amines) is 1. The van der Waals surface area contributed by atoms with Crippen molar-refractivity contribution < 1.29 is 8.42 Å². The van der Waals surface area contributed by atoms with Crippen LogP contribution in [0.5, 0.6) is 0 Å². The van der Waals surface area contributed by atoms with Gasteiger partial charge in [-0.05, 0) is 56.6 Å².